The number of benzene rings is 3. The van der Waals surface area contributed by atoms with Crippen LogP contribution in [0.15, 0.2) is 72.8 Å². The fourth-order valence-electron chi connectivity index (χ4n) is 4.40. The number of imide groups is 1. The van der Waals surface area contributed by atoms with Crippen molar-refractivity contribution in [2.24, 2.45) is 0 Å². The number of urea groups is 1. The molecule has 0 aliphatic carbocycles. The maximum Gasteiger partial charge on any atom is 0.325 e. The Labute approximate surface area is 232 Å². The molecule has 4 rings (SSSR count). The standard InChI is InChI=1S/C30H28ClN3O5/c1-4-20-10-15-25(24(31)18-20)32-28(35)27(19(2)21-8-6-5-7-9-21)34-29(36)26(33-30(34)37)22-11-13-23(14-12-22)39-17-16-38-3/h1,5-15,18-19,26-27H,16-17H2,2-3H3,(H,32,35)(H,33,37)/t19?,26-,27?/m1/s1. The van der Waals surface area contributed by atoms with Gasteiger partial charge in [0.25, 0.3) is 5.91 Å². The van der Waals surface area contributed by atoms with E-state index in [-0.39, 0.29) is 5.02 Å². The van der Waals surface area contributed by atoms with Gasteiger partial charge in [0.2, 0.25) is 5.91 Å². The van der Waals surface area contributed by atoms with E-state index in [0.29, 0.717) is 35.8 Å². The summed E-state index contributed by atoms with van der Waals surface area (Å²) in [4.78, 5) is 41.6. The Bertz CT molecular complexity index is 1390. The van der Waals surface area contributed by atoms with Gasteiger partial charge in [-0.15, -0.1) is 6.42 Å². The third kappa shape index (κ3) is 6.23. The van der Waals surface area contributed by atoms with E-state index in [2.05, 4.69) is 16.6 Å². The van der Waals surface area contributed by atoms with E-state index in [0.717, 1.165) is 10.5 Å². The average molecular weight is 546 g/mol. The van der Waals surface area contributed by atoms with E-state index in [1.54, 1.807) is 56.5 Å². The van der Waals surface area contributed by atoms with Gasteiger partial charge >= 0.3 is 6.03 Å². The number of terminal acetylenes is 1. The molecule has 200 valence electrons. The third-order valence-electron chi connectivity index (χ3n) is 6.48. The maximum atomic E-state index is 13.7. The molecule has 9 heteroatoms. The van der Waals surface area contributed by atoms with Gasteiger partial charge in [0.1, 0.15) is 24.4 Å². The molecule has 1 aliphatic rings. The molecule has 1 aliphatic heterocycles. The highest BCUT2D eigenvalue weighted by Gasteiger charge is 2.47. The first-order valence-corrected chi connectivity index (χ1v) is 12.7. The number of rotatable bonds is 10. The number of nitrogens with one attached hydrogen (secondary N) is 2. The molecule has 0 bridgehead atoms. The summed E-state index contributed by atoms with van der Waals surface area (Å²) in [6.07, 6.45) is 5.44. The van der Waals surface area contributed by atoms with Crippen molar-refractivity contribution >= 4 is 35.1 Å². The van der Waals surface area contributed by atoms with Gasteiger partial charge in [0.05, 0.1) is 17.3 Å². The Hall–Kier alpha value is -4.32. The number of methoxy groups -OCH3 is 1. The van der Waals surface area contributed by atoms with E-state index >= 15 is 0 Å². The molecular formula is C30H28ClN3O5. The molecule has 4 amide bonds. The highest BCUT2D eigenvalue weighted by Crippen LogP contribution is 2.32. The van der Waals surface area contributed by atoms with Crippen LogP contribution in [0.1, 0.15) is 35.6 Å². The van der Waals surface area contributed by atoms with Crippen LogP contribution >= 0.6 is 11.6 Å². The van der Waals surface area contributed by atoms with Gasteiger partial charge < -0.3 is 20.1 Å². The molecule has 2 unspecified atom stereocenters. The number of anilines is 1. The van der Waals surface area contributed by atoms with Gasteiger partial charge in [-0.05, 0) is 41.5 Å². The summed E-state index contributed by atoms with van der Waals surface area (Å²) >= 11 is 6.34. The molecule has 8 nitrogen and oxygen atoms in total. The summed E-state index contributed by atoms with van der Waals surface area (Å²) in [5.74, 6) is 1.46. The molecule has 0 saturated carbocycles. The smallest absolute Gasteiger partial charge is 0.325 e. The van der Waals surface area contributed by atoms with Gasteiger partial charge in [-0.1, -0.05) is 66.9 Å². The molecule has 0 radical (unpaired) electrons. The van der Waals surface area contributed by atoms with Crippen LogP contribution in [0, 0.1) is 12.3 Å². The minimum absolute atomic E-state index is 0.243. The van der Waals surface area contributed by atoms with Gasteiger partial charge in [0, 0.05) is 18.6 Å². The summed E-state index contributed by atoms with van der Waals surface area (Å²) in [5.41, 5.74) is 2.22. The van der Waals surface area contributed by atoms with E-state index in [9.17, 15) is 14.4 Å². The SMILES string of the molecule is C#Cc1ccc(NC(=O)C(C(C)c2ccccc2)N2C(=O)N[C@H](c3ccc(OCCOC)cc3)C2=O)c(Cl)c1. The van der Waals surface area contributed by atoms with Gasteiger partial charge in [0.15, 0.2) is 0 Å². The molecule has 2 N–H and O–H groups in total. The van der Waals surface area contributed by atoms with Crippen LogP contribution in [-0.4, -0.2) is 49.1 Å². The zero-order valence-corrected chi connectivity index (χ0v) is 22.3. The highest BCUT2D eigenvalue weighted by atomic mass is 35.5. The molecule has 0 spiro atoms. The van der Waals surface area contributed by atoms with E-state index in [4.69, 9.17) is 27.5 Å². The second-order valence-electron chi connectivity index (χ2n) is 8.97. The maximum absolute atomic E-state index is 13.7. The first kappa shape index (κ1) is 27.7. The minimum Gasteiger partial charge on any atom is -0.491 e. The first-order valence-electron chi connectivity index (χ1n) is 12.3. The third-order valence-corrected chi connectivity index (χ3v) is 6.79. The summed E-state index contributed by atoms with van der Waals surface area (Å²) in [7, 11) is 1.59. The predicted octanol–water partition coefficient (Wildman–Crippen LogP) is 4.75. The molecule has 3 aromatic rings. The van der Waals surface area contributed by atoms with Crippen LogP contribution in [0.25, 0.3) is 0 Å². The topological polar surface area (TPSA) is 97.0 Å². The number of carbonyl (C=O) groups is 3. The zero-order chi connectivity index (χ0) is 27.9. The molecule has 1 fully saturated rings. The van der Waals surface area contributed by atoms with Crippen LogP contribution in [0.5, 0.6) is 5.75 Å². The van der Waals surface area contributed by atoms with Gasteiger partial charge in [-0.3, -0.25) is 9.59 Å². The Balaban J connectivity index is 1.62. The zero-order valence-electron chi connectivity index (χ0n) is 21.5. The Morgan fingerprint density at radius 2 is 1.82 bits per heavy atom. The lowest BCUT2D eigenvalue weighted by Gasteiger charge is -2.30. The number of amides is 4. The van der Waals surface area contributed by atoms with Crippen LogP contribution in [-0.2, 0) is 14.3 Å². The van der Waals surface area contributed by atoms with Crippen LogP contribution < -0.4 is 15.4 Å². The number of carbonyl (C=O) groups excluding carboxylic acids is 3. The average Bonchev–Trinajstić information content (AvgIpc) is 3.24. The number of hydrogen-bond acceptors (Lipinski definition) is 5. The van der Waals surface area contributed by atoms with E-state index in [1.165, 1.54) is 0 Å². The number of halogens is 1. The molecule has 3 atom stereocenters. The second-order valence-corrected chi connectivity index (χ2v) is 9.38. The quantitative estimate of drug-likeness (QED) is 0.218. The monoisotopic (exact) mass is 545 g/mol. The molecule has 39 heavy (non-hydrogen) atoms. The normalized spacial score (nSPS) is 16.3. The van der Waals surface area contributed by atoms with E-state index in [1.807, 2.05) is 30.3 Å². The summed E-state index contributed by atoms with van der Waals surface area (Å²) in [6.45, 7) is 2.62. The Kier molecular flexibility index (Phi) is 8.87. The number of hydrogen-bond donors (Lipinski definition) is 2. The molecule has 1 saturated heterocycles. The highest BCUT2D eigenvalue weighted by molar-refractivity contribution is 6.34. The van der Waals surface area contributed by atoms with Crippen molar-refractivity contribution in [2.75, 3.05) is 25.6 Å². The minimum atomic E-state index is -1.16. The molecule has 0 aromatic heterocycles. The lowest BCUT2D eigenvalue weighted by Crippen LogP contribution is -2.50. The summed E-state index contributed by atoms with van der Waals surface area (Å²) in [5, 5.41) is 5.74. The van der Waals surface area contributed by atoms with Crippen molar-refractivity contribution in [1.82, 2.24) is 10.2 Å². The van der Waals surface area contributed by atoms with Crippen molar-refractivity contribution in [3.63, 3.8) is 0 Å². The van der Waals surface area contributed by atoms with Crippen molar-refractivity contribution in [3.8, 4) is 18.1 Å². The second kappa shape index (κ2) is 12.5. The lowest BCUT2D eigenvalue weighted by atomic mass is 9.91. The molecule has 3 aromatic carbocycles. The largest absolute Gasteiger partial charge is 0.491 e. The Morgan fingerprint density at radius 3 is 2.46 bits per heavy atom. The van der Waals surface area contributed by atoms with Gasteiger partial charge in [-0.25, -0.2) is 9.69 Å². The lowest BCUT2D eigenvalue weighted by molar-refractivity contribution is -0.134. The Morgan fingerprint density at radius 1 is 1.10 bits per heavy atom. The number of ether oxygens (including phenoxy) is 2. The summed E-state index contributed by atoms with van der Waals surface area (Å²) < 4.78 is 10.6. The van der Waals surface area contributed by atoms with Crippen LogP contribution in [0.4, 0.5) is 10.5 Å². The van der Waals surface area contributed by atoms with Crippen LogP contribution in [0.3, 0.4) is 0 Å². The van der Waals surface area contributed by atoms with E-state index < -0.39 is 35.8 Å². The van der Waals surface area contributed by atoms with Crippen LogP contribution in [0.2, 0.25) is 5.02 Å². The van der Waals surface area contributed by atoms with Crippen molar-refractivity contribution in [3.05, 3.63) is 94.5 Å². The van der Waals surface area contributed by atoms with Crippen molar-refractivity contribution < 1.29 is 23.9 Å². The molecule has 1 heterocycles. The predicted molar refractivity (Wildman–Crippen MR) is 149 cm³/mol. The number of nitrogens with zero attached hydrogens (tertiary/aromatic N) is 1. The summed E-state index contributed by atoms with van der Waals surface area (Å²) in [6, 6.07) is 18.1. The fourth-order valence-corrected chi connectivity index (χ4v) is 4.63. The molecular weight excluding hydrogens is 518 g/mol. The van der Waals surface area contributed by atoms with Crippen molar-refractivity contribution in [2.45, 2.75) is 24.9 Å². The first-order chi connectivity index (χ1) is 18.8. The van der Waals surface area contributed by atoms with Gasteiger partial charge in [-0.2, -0.15) is 0 Å². The fraction of sp³-hybridized carbons (Fsp3) is 0.233. The van der Waals surface area contributed by atoms with Crippen molar-refractivity contribution in [1.29, 1.82) is 0 Å².